The summed E-state index contributed by atoms with van der Waals surface area (Å²) in [5, 5.41) is 0.677. The van der Waals surface area contributed by atoms with Crippen LogP contribution in [-0.2, 0) is 10.1 Å². The molecule has 0 bridgehead atoms. The molecule has 0 aromatic heterocycles. The lowest BCUT2D eigenvalue weighted by atomic mass is 10.0. The molecule has 2 rings (SSSR count). The van der Waals surface area contributed by atoms with E-state index in [-0.39, 0.29) is 11.4 Å². The average Bonchev–Trinajstić information content (AvgIpc) is 2.29. The van der Waals surface area contributed by atoms with Gasteiger partial charge in [-0.2, -0.15) is 0 Å². The zero-order valence-electron chi connectivity index (χ0n) is 10.2. The van der Waals surface area contributed by atoms with Crippen molar-refractivity contribution in [1.82, 2.24) is 0 Å². The molecule has 0 radical (unpaired) electrons. The van der Waals surface area contributed by atoms with Crippen molar-refractivity contribution in [1.29, 1.82) is 0 Å². The minimum atomic E-state index is -0.158. The summed E-state index contributed by atoms with van der Waals surface area (Å²) < 4.78 is 19.5. The Hall–Kier alpha value is -0.610. The molecule has 1 aromatic rings. The largest absolute Gasteiger partial charge is 0.377 e. The fourth-order valence-corrected chi connectivity index (χ4v) is 2.51. The minimum Gasteiger partial charge on any atom is -0.377 e. The van der Waals surface area contributed by atoms with Gasteiger partial charge in [0.25, 0.3) is 0 Å². The molecule has 2 nitrogen and oxygen atoms in total. The summed E-state index contributed by atoms with van der Waals surface area (Å²) >= 11 is 3.33. The molecule has 4 heteroatoms. The van der Waals surface area contributed by atoms with E-state index >= 15 is 0 Å². The Morgan fingerprint density at radius 1 is 1.47 bits per heavy atom. The number of nitrogens with zero attached hydrogens (tertiary/aromatic N) is 1. The van der Waals surface area contributed by atoms with E-state index in [0.717, 1.165) is 12.1 Å². The number of anilines is 1. The second kappa shape index (κ2) is 4.94. The standard InChI is InChI=1S/C13H17BrFNO/c1-13(2)9-17-6-5-16(13)12-4-3-10(8-14)7-11(12)15/h3-4,7H,5-6,8-9H2,1-2H3. The summed E-state index contributed by atoms with van der Waals surface area (Å²) in [6.07, 6.45) is 0. The van der Waals surface area contributed by atoms with Crippen molar-refractivity contribution in [3.63, 3.8) is 0 Å². The number of benzene rings is 1. The van der Waals surface area contributed by atoms with Crippen LogP contribution in [0.3, 0.4) is 0 Å². The maximum Gasteiger partial charge on any atom is 0.146 e. The van der Waals surface area contributed by atoms with Gasteiger partial charge in [0.1, 0.15) is 5.82 Å². The summed E-state index contributed by atoms with van der Waals surface area (Å²) in [5.74, 6) is -0.156. The van der Waals surface area contributed by atoms with E-state index in [9.17, 15) is 4.39 Å². The zero-order chi connectivity index (χ0) is 12.5. The number of morpholine rings is 1. The molecule has 0 saturated carbocycles. The number of rotatable bonds is 2. The molecule has 17 heavy (non-hydrogen) atoms. The lowest BCUT2D eigenvalue weighted by molar-refractivity contribution is 0.0640. The third kappa shape index (κ3) is 2.63. The molecular formula is C13H17BrFNO. The highest BCUT2D eigenvalue weighted by Gasteiger charge is 2.32. The smallest absolute Gasteiger partial charge is 0.146 e. The van der Waals surface area contributed by atoms with E-state index in [1.165, 1.54) is 0 Å². The van der Waals surface area contributed by atoms with Crippen molar-refractivity contribution in [3.05, 3.63) is 29.6 Å². The van der Waals surface area contributed by atoms with Crippen molar-refractivity contribution in [2.75, 3.05) is 24.7 Å². The third-order valence-corrected chi connectivity index (χ3v) is 3.75. The Labute approximate surface area is 110 Å². The van der Waals surface area contributed by atoms with Crippen LogP contribution in [0.15, 0.2) is 18.2 Å². The number of alkyl halides is 1. The van der Waals surface area contributed by atoms with Crippen LogP contribution in [0, 0.1) is 5.82 Å². The highest BCUT2D eigenvalue weighted by Crippen LogP contribution is 2.29. The molecule has 94 valence electrons. The summed E-state index contributed by atoms with van der Waals surface area (Å²) in [6.45, 7) is 6.17. The van der Waals surface area contributed by atoms with Crippen LogP contribution in [0.25, 0.3) is 0 Å². The van der Waals surface area contributed by atoms with Crippen LogP contribution < -0.4 is 4.90 Å². The first-order valence-electron chi connectivity index (χ1n) is 5.74. The van der Waals surface area contributed by atoms with Crippen LogP contribution in [0.2, 0.25) is 0 Å². The predicted molar refractivity (Wildman–Crippen MR) is 71.3 cm³/mol. The van der Waals surface area contributed by atoms with E-state index in [1.807, 2.05) is 12.1 Å². The quantitative estimate of drug-likeness (QED) is 0.777. The van der Waals surface area contributed by atoms with Crippen molar-refractivity contribution in [3.8, 4) is 0 Å². The fraction of sp³-hybridized carbons (Fsp3) is 0.538. The molecule has 0 unspecified atom stereocenters. The van der Waals surface area contributed by atoms with Gasteiger partial charge >= 0.3 is 0 Å². The molecule has 1 aliphatic heterocycles. The number of hydrogen-bond donors (Lipinski definition) is 0. The Morgan fingerprint density at radius 3 is 2.82 bits per heavy atom. The van der Waals surface area contributed by atoms with Gasteiger partial charge in [-0.25, -0.2) is 4.39 Å². The van der Waals surface area contributed by atoms with Gasteiger partial charge < -0.3 is 9.64 Å². The first kappa shape index (κ1) is 12.8. The van der Waals surface area contributed by atoms with E-state index in [1.54, 1.807) is 6.07 Å². The van der Waals surface area contributed by atoms with Crippen molar-refractivity contribution >= 4 is 21.6 Å². The maximum atomic E-state index is 14.1. The Morgan fingerprint density at radius 2 is 2.24 bits per heavy atom. The topological polar surface area (TPSA) is 12.5 Å². The first-order valence-corrected chi connectivity index (χ1v) is 6.86. The molecule has 1 heterocycles. The van der Waals surface area contributed by atoms with E-state index in [0.29, 0.717) is 24.2 Å². The lowest BCUT2D eigenvalue weighted by Gasteiger charge is -2.43. The van der Waals surface area contributed by atoms with Gasteiger partial charge in [0.2, 0.25) is 0 Å². The maximum absolute atomic E-state index is 14.1. The van der Waals surface area contributed by atoms with Crippen LogP contribution in [-0.4, -0.2) is 25.3 Å². The molecule has 1 saturated heterocycles. The van der Waals surface area contributed by atoms with Gasteiger partial charge in [0.15, 0.2) is 0 Å². The van der Waals surface area contributed by atoms with E-state index in [2.05, 4.69) is 34.7 Å². The predicted octanol–water partition coefficient (Wildman–Crippen LogP) is 3.34. The van der Waals surface area contributed by atoms with Crippen molar-refractivity contribution in [2.24, 2.45) is 0 Å². The summed E-state index contributed by atoms with van der Waals surface area (Å²) in [6, 6.07) is 5.41. The molecule has 1 aromatic carbocycles. The normalized spacial score (nSPS) is 19.4. The van der Waals surface area contributed by atoms with Crippen LogP contribution in [0.4, 0.5) is 10.1 Å². The number of hydrogen-bond acceptors (Lipinski definition) is 2. The molecule has 0 atom stereocenters. The van der Waals surface area contributed by atoms with Crippen LogP contribution >= 0.6 is 15.9 Å². The monoisotopic (exact) mass is 301 g/mol. The highest BCUT2D eigenvalue weighted by molar-refractivity contribution is 9.08. The summed E-state index contributed by atoms with van der Waals surface area (Å²) in [7, 11) is 0. The average molecular weight is 302 g/mol. The Balaban J connectivity index is 2.32. The van der Waals surface area contributed by atoms with Crippen molar-refractivity contribution in [2.45, 2.75) is 24.7 Å². The van der Waals surface area contributed by atoms with Gasteiger partial charge in [-0.1, -0.05) is 22.0 Å². The lowest BCUT2D eigenvalue weighted by Crippen LogP contribution is -2.53. The zero-order valence-corrected chi connectivity index (χ0v) is 11.8. The second-order valence-corrected chi connectivity index (χ2v) is 5.50. The molecular weight excluding hydrogens is 285 g/mol. The highest BCUT2D eigenvalue weighted by atomic mass is 79.9. The van der Waals surface area contributed by atoms with E-state index in [4.69, 9.17) is 4.74 Å². The number of halogens is 2. The Bertz CT molecular complexity index is 408. The molecule has 1 aliphatic rings. The van der Waals surface area contributed by atoms with Gasteiger partial charge in [0, 0.05) is 11.9 Å². The third-order valence-electron chi connectivity index (χ3n) is 3.10. The van der Waals surface area contributed by atoms with Gasteiger partial charge in [-0.05, 0) is 31.5 Å². The molecule has 0 aliphatic carbocycles. The molecule has 0 N–H and O–H groups in total. The molecule has 0 amide bonds. The van der Waals surface area contributed by atoms with Crippen LogP contribution in [0.5, 0.6) is 0 Å². The fourth-order valence-electron chi connectivity index (χ4n) is 2.16. The van der Waals surface area contributed by atoms with Gasteiger partial charge in [0.05, 0.1) is 24.4 Å². The van der Waals surface area contributed by atoms with Gasteiger partial charge in [-0.15, -0.1) is 0 Å². The SMILES string of the molecule is CC1(C)COCCN1c1ccc(CBr)cc1F. The van der Waals surface area contributed by atoms with E-state index < -0.39 is 0 Å². The van der Waals surface area contributed by atoms with Crippen molar-refractivity contribution < 1.29 is 9.13 Å². The number of ether oxygens (including phenoxy) is 1. The first-order chi connectivity index (χ1) is 8.04. The van der Waals surface area contributed by atoms with Crippen LogP contribution in [0.1, 0.15) is 19.4 Å². The second-order valence-electron chi connectivity index (χ2n) is 4.94. The Kier molecular flexibility index (Phi) is 3.73. The minimum absolute atomic E-state index is 0.156. The summed E-state index contributed by atoms with van der Waals surface area (Å²) in [4.78, 5) is 2.09. The summed E-state index contributed by atoms with van der Waals surface area (Å²) in [5.41, 5.74) is 1.47. The molecule has 1 fully saturated rings. The van der Waals surface area contributed by atoms with Gasteiger partial charge in [-0.3, -0.25) is 0 Å². The molecule has 0 spiro atoms.